The van der Waals surface area contributed by atoms with E-state index in [2.05, 4.69) is 36.1 Å². The van der Waals surface area contributed by atoms with Crippen LogP contribution in [0.5, 0.6) is 0 Å². The lowest BCUT2D eigenvalue weighted by atomic mass is 9.93. The molecule has 0 aromatic heterocycles. The van der Waals surface area contributed by atoms with E-state index in [0.29, 0.717) is 16.5 Å². The Morgan fingerprint density at radius 1 is 1.20 bits per heavy atom. The molecule has 0 saturated carbocycles. The fraction of sp³-hybridized carbons (Fsp3) is 0.235. The Balaban J connectivity index is 2.16. The summed E-state index contributed by atoms with van der Waals surface area (Å²) in [5.74, 6) is 0.551. The molecule has 0 N–H and O–H groups in total. The average molecular weight is 283 g/mol. The Morgan fingerprint density at radius 2 is 2.00 bits per heavy atom. The second kappa shape index (κ2) is 5.19. The van der Waals surface area contributed by atoms with Crippen LogP contribution >= 0.6 is 11.6 Å². The molecule has 0 saturated heterocycles. The van der Waals surface area contributed by atoms with Crippen LogP contribution in [0, 0.1) is 17.2 Å². The summed E-state index contributed by atoms with van der Waals surface area (Å²) >= 11 is 6.12. The van der Waals surface area contributed by atoms with Crippen LogP contribution in [0.25, 0.3) is 0 Å². The molecule has 20 heavy (non-hydrogen) atoms. The van der Waals surface area contributed by atoms with Crippen molar-refractivity contribution < 1.29 is 0 Å². The van der Waals surface area contributed by atoms with Crippen molar-refractivity contribution in [1.29, 1.82) is 5.26 Å². The monoisotopic (exact) mass is 282 g/mol. The van der Waals surface area contributed by atoms with Crippen LogP contribution in [0.2, 0.25) is 5.02 Å². The summed E-state index contributed by atoms with van der Waals surface area (Å²) < 4.78 is 0. The zero-order chi connectivity index (χ0) is 14.1. The van der Waals surface area contributed by atoms with E-state index in [1.54, 1.807) is 12.1 Å². The lowest BCUT2D eigenvalue weighted by Crippen LogP contribution is -2.30. The van der Waals surface area contributed by atoms with Crippen molar-refractivity contribution in [3.05, 3.63) is 58.6 Å². The minimum absolute atomic E-state index is 0.551. The van der Waals surface area contributed by atoms with Crippen molar-refractivity contribution in [2.45, 2.75) is 13.3 Å². The number of halogens is 1. The Kier molecular flexibility index (Phi) is 3.38. The molecule has 0 fully saturated rings. The summed E-state index contributed by atoms with van der Waals surface area (Å²) in [7, 11) is 0. The second-order valence-corrected chi connectivity index (χ2v) is 5.76. The summed E-state index contributed by atoms with van der Waals surface area (Å²) in [6, 6.07) is 16.1. The SMILES string of the molecule is CC1Cc2ccccc2N(c2cc(Cl)ccc2C#N)C1. The number of hydrogen-bond acceptors (Lipinski definition) is 2. The number of rotatable bonds is 1. The lowest BCUT2D eigenvalue weighted by molar-refractivity contribution is 0.562. The van der Waals surface area contributed by atoms with Crippen molar-refractivity contribution >= 4 is 23.0 Å². The maximum Gasteiger partial charge on any atom is 0.101 e. The summed E-state index contributed by atoms with van der Waals surface area (Å²) in [5, 5.41) is 10.00. The molecule has 2 aromatic carbocycles. The number of para-hydroxylation sites is 1. The van der Waals surface area contributed by atoms with Gasteiger partial charge in [-0.3, -0.25) is 0 Å². The van der Waals surface area contributed by atoms with Gasteiger partial charge in [-0.1, -0.05) is 36.7 Å². The third-order valence-electron chi connectivity index (χ3n) is 3.72. The van der Waals surface area contributed by atoms with E-state index in [1.165, 1.54) is 11.3 Å². The highest BCUT2D eigenvalue weighted by Crippen LogP contribution is 2.37. The zero-order valence-corrected chi connectivity index (χ0v) is 12.1. The third kappa shape index (κ3) is 2.26. The van der Waals surface area contributed by atoms with Gasteiger partial charge in [-0.25, -0.2) is 0 Å². The Labute approximate surface area is 124 Å². The van der Waals surface area contributed by atoms with Gasteiger partial charge in [0.15, 0.2) is 0 Å². The molecule has 0 bridgehead atoms. The van der Waals surface area contributed by atoms with E-state index < -0.39 is 0 Å². The fourth-order valence-electron chi connectivity index (χ4n) is 2.85. The Hall–Kier alpha value is -1.98. The molecule has 1 unspecified atom stereocenters. The van der Waals surface area contributed by atoms with Gasteiger partial charge in [-0.15, -0.1) is 0 Å². The summed E-state index contributed by atoms with van der Waals surface area (Å²) in [4.78, 5) is 2.22. The van der Waals surface area contributed by atoms with Gasteiger partial charge in [0.25, 0.3) is 0 Å². The highest BCUT2D eigenvalue weighted by Gasteiger charge is 2.24. The van der Waals surface area contributed by atoms with Gasteiger partial charge >= 0.3 is 0 Å². The summed E-state index contributed by atoms with van der Waals surface area (Å²) in [5.41, 5.74) is 4.08. The van der Waals surface area contributed by atoms with E-state index in [4.69, 9.17) is 11.6 Å². The average Bonchev–Trinajstić information content (AvgIpc) is 2.46. The van der Waals surface area contributed by atoms with Crippen LogP contribution in [0.1, 0.15) is 18.1 Å². The van der Waals surface area contributed by atoms with Gasteiger partial charge in [0, 0.05) is 17.3 Å². The molecule has 0 spiro atoms. The molecule has 2 aromatic rings. The minimum atomic E-state index is 0.551. The summed E-state index contributed by atoms with van der Waals surface area (Å²) in [6.45, 7) is 3.14. The van der Waals surface area contributed by atoms with Crippen LogP contribution in [0.4, 0.5) is 11.4 Å². The molecule has 0 amide bonds. The number of nitriles is 1. The highest BCUT2D eigenvalue weighted by atomic mass is 35.5. The minimum Gasteiger partial charge on any atom is -0.340 e. The largest absolute Gasteiger partial charge is 0.340 e. The first kappa shape index (κ1) is 13.0. The topological polar surface area (TPSA) is 27.0 Å². The molecule has 3 heteroatoms. The number of anilines is 2. The molecule has 3 rings (SSSR count). The first-order chi connectivity index (χ1) is 9.69. The molecular formula is C17H15ClN2. The predicted molar refractivity (Wildman–Crippen MR) is 82.5 cm³/mol. The molecule has 1 aliphatic rings. The van der Waals surface area contributed by atoms with Crippen molar-refractivity contribution in [2.24, 2.45) is 5.92 Å². The van der Waals surface area contributed by atoms with E-state index >= 15 is 0 Å². The van der Waals surface area contributed by atoms with Gasteiger partial charge in [0.1, 0.15) is 6.07 Å². The zero-order valence-electron chi connectivity index (χ0n) is 11.3. The van der Waals surface area contributed by atoms with E-state index in [0.717, 1.165) is 18.7 Å². The molecule has 0 radical (unpaired) electrons. The number of hydrogen-bond donors (Lipinski definition) is 0. The standard InChI is InChI=1S/C17H15ClN2/c1-12-8-13-4-2-3-5-16(13)20(11-12)17-9-15(18)7-6-14(17)10-19/h2-7,9,12H,8,11H2,1H3. The number of benzene rings is 2. The van der Waals surface area contributed by atoms with Crippen LogP contribution in [-0.4, -0.2) is 6.54 Å². The van der Waals surface area contributed by atoms with Crippen LogP contribution < -0.4 is 4.90 Å². The molecule has 0 aliphatic carbocycles. The van der Waals surface area contributed by atoms with Crippen molar-refractivity contribution in [3.63, 3.8) is 0 Å². The van der Waals surface area contributed by atoms with Crippen molar-refractivity contribution in [3.8, 4) is 6.07 Å². The van der Waals surface area contributed by atoms with Gasteiger partial charge in [0.05, 0.1) is 11.3 Å². The molecule has 1 atom stereocenters. The van der Waals surface area contributed by atoms with Gasteiger partial charge in [-0.2, -0.15) is 5.26 Å². The first-order valence-corrected chi connectivity index (χ1v) is 7.12. The lowest BCUT2D eigenvalue weighted by Gasteiger charge is -2.35. The van der Waals surface area contributed by atoms with Crippen molar-refractivity contribution in [1.82, 2.24) is 0 Å². The van der Waals surface area contributed by atoms with E-state index in [-0.39, 0.29) is 0 Å². The highest BCUT2D eigenvalue weighted by molar-refractivity contribution is 6.31. The molecule has 100 valence electrons. The van der Waals surface area contributed by atoms with Crippen LogP contribution in [-0.2, 0) is 6.42 Å². The molecular weight excluding hydrogens is 268 g/mol. The molecule has 1 aliphatic heterocycles. The maximum atomic E-state index is 9.33. The van der Waals surface area contributed by atoms with Gasteiger partial charge in [0.2, 0.25) is 0 Å². The Bertz CT molecular complexity index is 688. The first-order valence-electron chi connectivity index (χ1n) is 6.74. The van der Waals surface area contributed by atoms with Gasteiger partial charge in [-0.05, 0) is 42.2 Å². The third-order valence-corrected chi connectivity index (χ3v) is 3.95. The molecule has 1 heterocycles. The maximum absolute atomic E-state index is 9.33. The second-order valence-electron chi connectivity index (χ2n) is 5.32. The van der Waals surface area contributed by atoms with Gasteiger partial charge < -0.3 is 4.90 Å². The number of fused-ring (bicyclic) bond motifs is 1. The summed E-state index contributed by atoms with van der Waals surface area (Å²) in [6.07, 6.45) is 1.08. The number of nitrogens with zero attached hydrogens (tertiary/aromatic N) is 2. The quantitative estimate of drug-likeness (QED) is 0.768. The van der Waals surface area contributed by atoms with E-state index in [1.807, 2.05) is 12.1 Å². The van der Waals surface area contributed by atoms with E-state index in [9.17, 15) is 5.26 Å². The normalized spacial score (nSPS) is 17.4. The molecule has 2 nitrogen and oxygen atoms in total. The van der Waals surface area contributed by atoms with Crippen LogP contribution in [0.3, 0.4) is 0 Å². The predicted octanol–water partition coefficient (Wildman–Crippen LogP) is 4.54. The Morgan fingerprint density at radius 3 is 2.80 bits per heavy atom. The smallest absolute Gasteiger partial charge is 0.101 e. The van der Waals surface area contributed by atoms with Crippen molar-refractivity contribution in [2.75, 3.05) is 11.4 Å². The fourth-order valence-corrected chi connectivity index (χ4v) is 3.01. The van der Waals surface area contributed by atoms with Crippen LogP contribution in [0.15, 0.2) is 42.5 Å².